The predicted octanol–water partition coefficient (Wildman–Crippen LogP) is 2.89. The molecule has 2 rings (SSSR count). The molecular formula is C12H8Cl2N2O2. The van der Waals surface area contributed by atoms with Crippen LogP contribution in [0.1, 0.15) is 33.6 Å². The highest BCUT2D eigenvalue weighted by Gasteiger charge is 2.35. The van der Waals surface area contributed by atoms with Gasteiger partial charge < -0.3 is 0 Å². The van der Waals surface area contributed by atoms with E-state index in [1.807, 2.05) is 6.07 Å². The molecule has 1 aliphatic rings. The molecule has 1 aromatic carbocycles. The van der Waals surface area contributed by atoms with Crippen LogP contribution >= 0.6 is 23.2 Å². The summed E-state index contributed by atoms with van der Waals surface area (Å²) in [5, 5.41) is 8.94. The lowest BCUT2D eigenvalue weighted by Gasteiger charge is -2.11. The Hall–Kier alpha value is -1.57. The summed E-state index contributed by atoms with van der Waals surface area (Å²) in [5.74, 6) is -0.766. The Morgan fingerprint density at radius 3 is 2.06 bits per heavy atom. The number of hydrogen-bond donors (Lipinski definition) is 0. The van der Waals surface area contributed by atoms with Gasteiger partial charge >= 0.3 is 0 Å². The van der Waals surface area contributed by atoms with Crippen molar-refractivity contribution >= 4 is 35.0 Å². The van der Waals surface area contributed by atoms with Crippen molar-refractivity contribution in [1.82, 2.24) is 4.90 Å². The lowest BCUT2D eigenvalue weighted by Crippen LogP contribution is -2.30. The predicted molar refractivity (Wildman–Crippen MR) is 66.7 cm³/mol. The summed E-state index contributed by atoms with van der Waals surface area (Å²) in [6, 6.07) is 4.78. The van der Waals surface area contributed by atoms with E-state index in [0.29, 0.717) is 12.8 Å². The topological polar surface area (TPSA) is 61.2 Å². The van der Waals surface area contributed by atoms with E-state index in [1.165, 1.54) is 12.1 Å². The lowest BCUT2D eigenvalue weighted by molar-refractivity contribution is 0.0653. The first kappa shape index (κ1) is 12.9. The molecule has 0 saturated carbocycles. The van der Waals surface area contributed by atoms with Crippen LogP contribution in [-0.4, -0.2) is 23.3 Å². The maximum absolute atomic E-state index is 12.0. The number of unbranched alkanes of at least 4 members (excludes halogenated alkanes) is 1. The molecule has 1 heterocycles. The Labute approximate surface area is 114 Å². The zero-order valence-electron chi connectivity index (χ0n) is 9.24. The van der Waals surface area contributed by atoms with Gasteiger partial charge in [0.25, 0.3) is 11.8 Å². The Morgan fingerprint density at radius 1 is 1.11 bits per heavy atom. The smallest absolute Gasteiger partial charge is 0.261 e. The van der Waals surface area contributed by atoms with Crippen molar-refractivity contribution in [3.8, 4) is 6.07 Å². The van der Waals surface area contributed by atoms with E-state index in [4.69, 9.17) is 28.5 Å². The third kappa shape index (κ3) is 2.07. The minimum absolute atomic E-state index is 0.231. The van der Waals surface area contributed by atoms with Gasteiger partial charge in [0.05, 0.1) is 27.2 Å². The van der Waals surface area contributed by atoms with Crippen molar-refractivity contribution < 1.29 is 9.59 Å². The van der Waals surface area contributed by atoms with Gasteiger partial charge in [-0.25, -0.2) is 0 Å². The second-order valence-corrected chi connectivity index (χ2v) is 4.65. The van der Waals surface area contributed by atoms with Gasteiger partial charge in [-0.15, -0.1) is 0 Å². The summed E-state index contributed by atoms with van der Waals surface area (Å²) in [7, 11) is 0. The van der Waals surface area contributed by atoms with Gasteiger partial charge in [-0.05, 0) is 18.6 Å². The third-order valence-electron chi connectivity index (χ3n) is 2.68. The first-order chi connectivity index (χ1) is 8.56. The number of imide groups is 1. The van der Waals surface area contributed by atoms with Gasteiger partial charge in [-0.1, -0.05) is 23.2 Å². The molecule has 6 heteroatoms. The monoisotopic (exact) mass is 282 g/mol. The van der Waals surface area contributed by atoms with Crippen LogP contribution in [0.3, 0.4) is 0 Å². The molecule has 4 nitrogen and oxygen atoms in total. The summed E-state index contributed by atoms with van der Waals surface area (Å²) in [5.41, 5.74) is 0.540. The quantitative estimate of drug-likeness (QED) is 0.633. The largest absolute Gasteiger partial charge is 0.274 e. The zero-order valence-corrected chi connectivity index (χ0v) is 10.8. The SMILES string of the molecule is N#CCCCN1C(=O)c2cc(Cl)c(Cl)cc2C1=O. The van der Waals surface area contributed by atoms with E-state index in [-0.39, 0.29) is 39.5 Å². The van der Waals surface area contributed by atoms with Crippen molar-refractivity contribution in [3.05, 3.63) is 33.3 Å². The van der Waals surface area contributed by atoms with E-state index in [0.717, 1.165) is 4.90 Å². The molecule has 0 N–H and O–H groups in total. The number of halogens is 2. The van der Waals surface area contributed by atoms with Crippen LogP contribution in [0.15, 0.2) is 12.1 Å². The fraction of sp³-hybridized carbons (Fsp3) is 0.250. The van der Waals surface area contributed by atoms with E-state index in [2.05, 4.69) is 0 Å². The van der Waals surface area contributed by atoms with Crippen molar-refractivity contribution in [2.24, 2.45) is 0 Å². The molecule has 2 amide bonds. The molecular weight excluding hydrogens is 275 g/mol. The summed E-state index contributed by atoms with van der Waals surface area (Å²) >= 11 is 11.6. The number of amides is 2. The highest BCUT2D eigenvalue weighted by molar-refractivity contribution is 6.43. The van der Waals surface area contributed by atoms with Gasteiger partial charge in [-0.2, -0.15) is 5.26 Å². The van der Waals surface area contributed by atoms with Crippen LogP contribution < -0.4 is 0 Å². The highest BCUT2D eigenvalue weighted by Crippen LogP contribution is 2.31. The van der Waals surface area contributed by atoms with Crippen LogP contribution in [0.5, 0.6) is 0 Å². The normalized spacial score (nSPS) is 13.7. The van der Waals surface area contributed by atoms with Crippen molar-refractivity contribution in [1.29, 1.82) is 5.26 Å². The molecule has 92 valence electrons. The van der Waals surface area contributed by atoms with Crippen LogP contribution in [0.25, 0.3) is 0 Å². The first-order valence-corrected chi connectivity index (χ1v) is 6.04. The Bertz CT molecular complexity index is 537. The lowest BCUT2D eigenvalue weighted by atomic mass is 10.1. The van der Waals surface area contributed by atoms with E-state index in [1.54, 1.807) is 0 Å². The van der Waals surface area contributed by atoms with Crippen LogP contribution in [0.4, 0.5) is 0 Å². The van der Waals surface area contributed by atoms with Gasteiger partial charge in [0.1, 0.15) is 0 Å². The van der Waals surface area contributed by atoms with E-state index < -0.39 is 0 Å². The van der Waals surface area contributed by atoms with Crippen molar-refractivity contribution in [2.45, 2.75) is 12.8 Å². The maximum Gasteiger partial charge on any atom is 0.261 e. The molecule has 0 bridgehead atoms. The number of carbonyl (C=O) groups excluding carboxylic acids is 2. The van der Waals surface area contributed by atoms with Gasteiger partial charge in [-0.3, -0.25) is 14.5 Å². The van der Waals surface area contributed by atoms with Gasteiger partial charge in [0, 0.05) is 13.0 Å². The number of nitriles is 1. The second kappa shape index (κ2) is 4.97. The Balaban J connectivity index is 2.30. The summed E-state index contributed by atoms with van der Waals surface area (Å²) in [6.07, 6.45) is 0.762. The van der Waals surface area contributed by atoms with Crippen molar-refractivity contribution in [3.63, 3.8) is 0 Å². The zero-order chi connectivity index (χ0) is 13.3. The number of benzene rings is 1. The molecule has 0 spiro atoms. The van der Waals surface area contributed by atoms with Crippen molar-refractivity contribution in [2.75, 3.05) is 6.54 Å². The number of fused-ring (bicyclic) bond motifs is 1. The molecule has 0 atom stereocenters. The van der Waals surface area contributed by atoms with E-state index in [9.17, 15) is 9.59 Å². The average molecular weight is 283 g/mol. The van der Waals surface area contributed by atoms with Gasteiger partial charge in [0.15, 0.2) is 0 Å². The molecule has 0 unspecified atom stereocenters. The fourth-order valence-corrected chi connectivity index (χ4v) is 2.13. The van der Waals surface area contributed by atoms with Crippen LogP contribution in [0.2, 0.25) is 10.0 Å². The maximum atomic E-state index is 12.0. The van der Waals surface area contributed by atoms with Gasteiger partial charge in [0.2, 0.25) is 0 Å². The third-order valence-corrected chi connectivity index (χ3v) is 3.40. The summed E-state index contributed by atoms with van der Waals surface area (Å²) in [4.78, 5) is 25.1. The van der Waals surface area contributed by atoms with E-state index >= 15 is 0 Å². The summed E-state index contributed by atoms with van der Waals surface area (Å²) in [6.45, 7) is 0.231. The minimum Gasteiger partial charge on any atom is -0.274 e. The molecule has 18 heavy (non-hydrogen) atoms. The Morgan fingerprint density at radius 2 is 1.61 bits per heavy atom. The molecule has 0 aliphatic carbocycles. The molecule has 0 radical (unpaired) electrons. The number of nitrogens with zero attached hydrogens (tertiary/aromatic N) is 2. The number of rotatable bonds is 3. The van der Waals surface area contributed by atoms with Crippen LogP contribution in [-0.2, 0) is 0 Å². The molecule has 0 saturated heterocycles. The number of carbonyl (C=O) groups is 2. The summed E-state index contributed by atoms with van der Waals surface area (Å²) < 4.78 is 0. The first-order valence-electron chi connectivity index (χ1n) is 5.28. The Kier molecular flexibility index (Phi) is 3.55. The highest BCUT2D eigenvalue weighted by atomic mass is 35.5. The molecule has 0 aromatic heterocycles. The number of hydrogen-bond acceptors (Lipinski definition) is 3. The second-order valence-electron chi connectivity index (χ2n) is 3.84. The average Bonchev–Trinajstić information content (AvgIpc) is 2.56. The minimum atomic E-state index is -0.383. The van der Waals surface area contributed by atoms with Crippen LogP contribution in [0, 0.1) is 11.3 Å². The molecule has 1 aromatic rings. The fourth-order valence-electron chi connectivity index (χ4n) is 1.80. The molecule has 0 fully saturated rings. The molecule has 1 aliphatic heterocycles. The standard InChI is InChI=1S/C12H8Cl2N2O2/c13-9-5-7-8(6-10(9)14)12(18)16(11(7)17)4-2-1-3-15/h5-6H,1-2,4H2.